The van der Waals surface area contributed by atoms with Crippen molar-refractivity contribution >= 4 is 17.1 Å². The monoisotopic (exact) mass is 261 g/mol. The molecule has 0 atom stereocenters. The van der Waals surface area contributed by atoms with Crippen molar-refractivity contribution < 1.29 is 0 Å². The highest BCUT2D eigenvalue weighted by Crippen LogP contribution is 2.43. The van der Waals surface area contributed by atoms with Gasteiger partial charge in [-0.2, -0.15) is 5.10 Å². The van der Waals surface area contributed by atoms with Gasteiger partial charge in [0.1, 0.15) is 5.52 Å². The van der Waals surface area contributed by atoms with Crippen LogP contribution in [0, 0.1) is 12.3 Å². The number of aromatic nitrogens is 4. The second-order valence-corrected chi connectivity index (χ2v) is 6.00. The number of fused-ring (bicyclic) bond motifs is 1. The van der Waals surface area contributed by atoms with Gasteiger partial charge in [-0.05, 0) is 31.6 Å². The van der Waals surface area contributed by atoms with Gasteiger partial charge in [0, 0.05) is 13.6 Å². The molecule has 1 aliphatic carbocycles. The highest BCUT2D eigenvalue weighted by atomic mass is 15.3. The first-order valence-corrected chi connectivity index (χ1v) is 7.22. The highest BCUT2D eigenvalue weighted by molar-refractivity contribution is 5.77. The van der Waals surface area contributed by atoms with E-state index in [9.17, 15) is 0 Å². The second-order valence-electron chi connectivity index (χ2n) is 6.00. The molecule has 1 fully saturated rings. The number of rotatable bonds is 3. The Hall–Kier alpha value is -1.52. The van der Waals surface area contributed by atoms with Gasteiger partial charge in [0.2, 0.25) is 5.95 Å². The molecule has 104 valence electrons. The van der Waals surface area contributed by atoms with E-state index in [1.807, 2.05) is 18.7 Å². The smallest absolute Gasteiger partial charge is 0.202 e. The van der Waals surface area contributed by atoms with Crippen molar-refractivity contribution in [1.29, 1.82) is 0 Å². The maximum absolute atomic E-state index is 6.14. The Morgan fingerprint density at radius 3 is 2.63 bits per heavy atom. The summed E-state index contributed by atoms with van der Waals surface area (Å²) in [6.45, 7) is 5.26. The summed E-state index contributed by atoms with van der Waals surface area (Å²) < 4.78 is 4.08. The molecule has 1 aliphatic rings. The number of hydrogen-bond donors (Lipinski definition) is 1. The van der Waals surface area contributed by atoms with E-state index >= 15 is 0 Å². The van der Waals surface area contributed by atoms with Gasteiger partial charge in [-0.25, -0.2) is 4.98 Å². The Morgan fingerprint density at radius 1 is 1.32 bits per heavy atom. The van der Waals surface area contributed by atoms with Crippen LogP contribution in [0.25, 0.3) is 11.2 Å². The fourth-order valence-electron chi connectivity index (χ4n) is 3.59. The molecule has 2 heterocycles. The summed E-state index contributed by atoms with van der Waals surface area (Å²) in [5, 5.41) is 4.45. The van der Waals surface area contributed by atoms with Crippen LogP contribution in [-0.4, -0.2) is 19.3 Å². The Balaban J connectivity index is 2.07. The van der Waals surface area contributed by atoms with E-state index in [4.69, 9.17) is 5.73 Å². The summed E-state index contributed by atoms with van der Waals surface area (Å²) in [6.07, 6.45) is 6.51. The third kappa shape index (κ3) is 1.83. The molecule has 19 heavy (non-hydrogen) atoms. The standard InChI is InChI=1S/C14H23N5/c1-4-14(7-5-6-8-14)9-19-12-11(16-13(19)15)10(2)17-18(12)3/h4-9H2,1-3H3,(H2,15,16). The topological polar surface area (TPSA) is 61.7 Å². The summed E-state index contributed by atoms with van der Waals surface area (Å²) in [4.78, 5) is 4.50. The lowest BCUT2D eigenvalue weighted by Crippen LogP contribution is -2.24. The molecule has 2 N–H and O–H groups in total. The first kappa shape index (κ1) is 12.5. The zero-order chi connectivity index (χ0) is 13.6. The first-order valence-electron chi connectivity index (χ1n) is 7.22. The number of nitrogen functional groups attached to an aromatic ring is 1. The van der Waals surface area contributed by atoms with Crippen molar-refractivity contribution in [2.24, 2.45) is 12.5 Å². The van der Waals surface area contributed by atoms with Gasteiger partial charge in [0.15, 0.2) is 5.65 Å². The summed E-state index contributed by atoms with van der Waals surface area (Å²) in [5.74, 6) is 0.630. The molecule has 0 amide bonds. The maximum Gasteiger partial charge on any atom is 0.202 e. The van der Waals surface area contributed by atoms with Gasteiger partial charge in [0.25, 0.3) is 0 Å². The predicted octanol–water partition coefficient (Wildman–Crippen LogP) is 2.63. The molecule has 5 heteroatoms. The Morgan fingerprint density at radius 2 is 2.00 bits per heavy atom. The van der Waals surface area contributed by atoms with E-state index in [0.29, 0.717) is 11.4 Å². The number of imidazole rings is 1. The Kier molecular flexibility index (Phi) is 2.80. The highest BCUT2D eigenvalue weighted by Gasteiger charge is 2.34. The molecule has 3 rings (SSSR count). The van der Waals surface area contributed by atoms with Crippen LogP contribution >= 0.6 is 0 Å². The molecule has 0 radical (unpaired) electrons. The van der Waals surface area contributed by atoms with Gasteiger partial charge in [-0.3, -0.25) is 9.25 Å². The minimum Gasteiger partial charge on any atom is -0.369 e. The van der Waals surface area contributed by atoms with Crippen LogP contribution in [-0.2, 0) is 13.6 Å². The molecule has 2 aromatic rings. The molecule has 0 bridgehead atoms. The van der Waals surface area contributed by atoms with E-state index in [0.717, 1.165) is 23.4 Å². The molecule has 0 aliphatic heterocycles. The molecule has 1 saturated carbocycles. The van der Waals surface area contributed by atoms with Crippen molar-refractivity contribution in [3.8, 4) is 0 Å². The van der Waals surface area contributed by atoms with Gasteiger partial charge in [-0.15, -0.1) is 0 Å². The molecule has 2 aromatic heterocycles. The maximum atomic E-state index is 6.14. The summed E-state index contributed by atoms with van der Waals surface area (Å²) in [6, 6.07) is 0. The lowest BCUT2D eigenvalue weighted by atomic mass is 9.83. The average Bonchev–Trinajstić information content (AvgIpc) is 3.02. The van der Waals surface area contributed by atoms with Crippen LogP contribution in [0.3, 0.4) is 0 Å². The molecule has 0 saturated heterocycles. The van der Waals surface area contributed by atoms with E-state index in [1.54, 1.807) is 0 Å². The number of nitrogens with two attached hydrogens (primary N) is 1. The summed E-state index contributed by atoms with van der Waals surface area (Å²) in [7, 11) is 1.97. The van der Waals surface area contributed by atoms with Crippen LogP contribution < -0.4 is 5.73 Å². The fourth-order valence-corrected chi connectivity index (χ4v) is 3.59. The number of aryl methyl sites for hydroxylation is 2. The quantitative estimate of drug-likeness (QED) is 0.924. The number of hydrogen-bond acceptors (Lipinski definition) is 3. The molecule has 0 unspecified atom stereocenters. The van der Waals surface area contributed by atoms with Gasteiger partial charge < -0.3 is 5.73 Å². The van der Waals surface area contributed by atoms with Crippen LogP contribution in [0.4, 0.5) is 5.95 Å². The Bertz CT molecular complexity index is 601. The molecule has 5 nitrogen and oxygen atoms in total. The number of anilines is 1. The lowest BCUT2D eigenvalue weighted by Gasteiger charge is -2.28. The zero-order valence-electron chi connectivity index (χ0n) is 12.1. The summed E-state index contributed by atoms with van der Waals surface area (Å²) in [5.41, 5.74) is 9.51. The van der Waals surface area contributed by atoms with Gasteiger partial charge in [-0.1, -0.05) is 19.8 Å². The van der Waals surface area contributed by atoms with Crippen LogP contribution in [0.15, 0.2) is 0 Å². The molecular formula is C14H23N5. The van der Waals surface area contributed by atoms with Gasteiger partial charge in [0.05, 0.1) is 5.69 Å². The van der Waals surface area contributed by atoms with Crippen molar-refractivity contribution in [1.82, 2.24) is 19.3 Å². The minimum atomic E-state index is 0.403. The second kappa shape index (κ2) is 4.25. The van der Waals surface area contributed by atoms with E-state index in [1.165, 1.54) is 32.1 Å². The van der Waals surface area contributed by atoms with Gasteiger partial charge >= 0.3 is 0 Å². The molecule has 0 spiro atoms. The SMILES string of the molecule is CCC1(Cn2c(N)nc3c(C)nn(C)c32)CCCC1. The largest absolute Gasteiger partial charge is 0.369 e. The third-order valence-electron chi connectivity index (χ3n) is 4.83. The molecular weight excluding hydrogens is 238 g/mol. The first-order chi connectivity index (χ1) is 9.06. The Labute approximate surface area is 113 Å². The van der Waals surface area contributed by atoms with Crippen molar-refractivity contribution in [2.75, 3.05) is 5.73 Å². The molecule has 0 aromatic carbocycles. The normalized spacial score (nSPS) is 18.5. The van der Waals surface area contributed by atoms with Crippen molar-refractivity contribution in [2.45, 2.75) is 52.5 Å². The van der Waals surface area contributed by atoms with E-state index in [-0.39, 0.29) is 0 Å². The third-order valence-corrected chi connectivity index (χ3v) is 4.83. The van der Waals surface area contributed by atoms with E-state index < -0.39 is 0 Å². The van der Waals surface area contributed by atoms with Crippen molar-refractivity contribution in [3.63, 3.8) is 0 Å². The van der Waals surface area contributed by atoms with Crippen molar-refractivity contribution in [3.05, 3.63) is 5.69 Å². The van der Waals surface area contributed by atoms with Crippen LogP contribution in [0.5, 0.6) is 0 Å². The van der Waals surface area contributed by atoms with Crippen LogP contribution in [0.1, 0.15) is 44.7 Å². The van der Waals surface area contributed by atoms with E-state index in [2.05, 4.69) is 21.6 Å². The fraction of sp³-hybridized carbons (Fsp3) is 0.714. The average molecular weight is 261 g/mol. The zero-order valence-corrected chi connectivity index (χ0v) is 12.1. The predicted molar refractivity (Wildman–Crippen MR) is 76.8 cm³/mol. The van der Waals surface area contributed by atoms with Crippen LogP contribution in [0.2, 0.25) is 0 Å². The number of nitrogens with zero attached hydrogens (tertiary/aromatic N) is 4. The minimum absolute atomic E-state index is 0.403. The summed E-state index contributed by atoms with van der Waals surface area (Å²) >= 11 is 0. The lowest BCUT2D eigenvalue weighted by molar-refractivity contribution is 0.241.